The van der Waals surface area contributed by atoms with Crippen molar-refractivity contribution in [1.29, 1.82) is 0 Å². The van der Waals surface area contributed by atoms with Gasteiger partial charge in [-0.3, -0.25) is 0 Å². The van der Waals surface area contributed by atoms with Crippen LogP contribution in [0, 0.1) is 20.8 Å². The lowest BCUT2D eigenvalue weighted by molar-refractivity contribution is 0.414. The van der Waals surface area contributed by atoms with E-state index < -0.39 is 10.1 Å². The molecule has 0 spiro atoms. The fourth-order valence-electron chi connectivity index (χ4n) is 2.99. The van der Waals surface area contributed by atoms with Crippen molar-refractivity contribution in [1.82, 2.24) is 0 Å². The van der Waals surface area contributed by atoms with Crippen LogP contribution >= 0.6 is 0 Å². The Labute approximate surface area is 175 Å². The summed E-state index contributed by atoms with van der Waals surface area (Å²) in [6, 6.07) is 21.4. The number of hydrogen-bond acceptors (Lipinski definition) is 5. The third-order valence-electron chi connectivity index (χ3n) is 4.17. The number of hydrogen-bond donors (Lipinski definition) is 1. The Bertz CT molecular complexity index is 1030. The van der Waals surface area contributed by atoms with E-state index in [1.54, 1.807) is 33.1 Å². The molecule has 154 valence electrons. The predicted octanol–water partition coefficient (Wildman–Crippen LogP) is 4.12. The van der Waals surface area contributed by atoms with Crippen molar-refractivity contribution < 1.29 is 17.7 Å². The summed E-state index contributed by atoms with van der Waals surface area (Å²) in [5.74, 6) is 0.855. The highest BCUT2D eigenvalue weighted by atomic mass is 32.2. The number of ether oxygens (including phenoxy) is 1. The van der Waals surface area contributed by atoms with Gasteiger partial charge in [0.25, 0.3) is 0 Å². The van der Waals surface area contributed by atoms with Crippen LogP contribution < -0.4 is 9.88 Å². The average molecular weight is 432 g/mol. The second-order valence-electron chi connectivity index (χ2n) is 6.51. The molecule has 0 saturated carbocycles. The van der Waals surface area contributed by atoms with Gasteiger partial charge >= 0.3 is 0 Å². The van der Waals surface area contributed by atoms with Crippen LogP contribution in [0.25, 0.3) is 0 Å². The maximum atomic E-state index is 10.8. The summed E-state index contributed by atoms with van der Waals surface area (Å²) in [7, 11) is -2.67. The summed E-state index contributed by atoms with van der Waals surface area (Å²) in [6.45, 7) is 5.12. The standard InChI is InChI=1S/C13H14NOS.C9H12O3S/c1-15-11-7-9-13(10-8-11)16(14)12-5-3-2-4-6-12;1-6-4-7(2)9(8(3)5-6)13(10,11)12/h2-10H,14H2,1H3;4-5H,1-3H3,(H,10,11,12)/q+1;/p-1. The van der Waals surface area contributed by atoms with Crippen LogP contribution in [-0.2, 0) is 21.2 Å². The molecule has 0 heterocycles. The molecule has 0 aromatic heterocycles. The van der Waals surface area contributed by atoms with Crippen LogP contribution in [-0.4, -0.2) is 20.1 Å². The predicted molar refractivity (Wildman–Crippen MR) is 116 cm³/mol. The van der Waals surface area contributed by atoms with Crippen molar-refractivity contribution in [3.63, 3.8) is 0 Å². The van der Waals surface area contributed by atoms with Crippen LogP contribution in [0.5, 0.6) is 5.75 Å². The van der Waals surface area contributed by atoms with E-state index in [0.29, 0.717) is 11.1 Å². The average Bonchev–Trinajstić information content (AvgIpc) is 2.67. The summed E-state index contributed by atoms with van der Waals surface area (Å²) in [4.78, 5) is 2.18. The van der Waals surface area contributed by atoms with Gasteiger partial charge in [0.1, 0.15) is 26.9 Å². The molecule has 0 fully saturated rings. The Morgan fingerprint density at radius 1 is 0.862 bits per heavy atom. The molecule has 0 aliphatic carbocycles. The van der Waals surface area contributed by atoms with Crippen molar-refractivity contribution in [2.45, 2.75) is 35.5 Å². The number of aryl methyl sites for hydroxylation is 3. The molecule has 0 aliphatic rings. The van der Waals surface area contributed by atoms with Gasteiger partial charge in [-0.05, 0) is 68.3 Å². The molecular formula is C22H25NO4S2. The van der Waals surface area contributed by atoms with E-state index >= 15 is 0 Å². The van der Waals surface area contributed by atoms with Crippen LogP contribution in [0.4, 0.5) is 0 Å². The van der Waals surface area contributed by atoms with Gasteiger partial charge < -0.3 is 9.29 Å². The maximum absolute atomic E-state index is 10.8. The highest BCUT2D eigenvalue weighted by Gasteiger charge is 2.20. The molecule has 0 aliphatic heterocycles. The Morgan fingerprint density at radius 3 is 1.79 bits per heavy atom. The van der Waals surface area contributed by atoms with Crippen molar-refractivity contribution in [3.05, 3.63) is 83.4 Å². The summed E-state index contributed by atoms with van der Waals surface area (Å²) in [6.07, 6.45) is 0. The van der Waals surface area contributed by atoms with Gasteiger partial charge in [-0.15, -0.1) is 5.14 Å². The van der Waals surface area contributed by atoms with Gasteiger partial charge in [0.2, 0.25) is 0 Å². The van der Waals surface area contributed by atoms with E-state index in [9.17, 15) is 13.0 Å². The molecule has 5 nitrogen and oxygen atoms in total. The Morgan fingerprint density at radius 2 is 1.34 bits per heavy atom. The maximum Gasteiger partial charge on any atom is 0.181 e. The minimum atomic E-state index is -4.33. The number of nitrogens with two attached hydrogens (primary N) is 1. The smallest absolute Gasteiger partial charge is 0.181 e. The van der Waals surface area contributed by atoms with Crippen molar-refractivity contribution in [2.75, 3.05) is 7.11 Å². The molecular weight excluding hydrogens is 406 g/mol. The lowest BCUT2D eigenvalue weighted by atomic mass is 10.1. The molecule has 0 saturated heterocycles. The van der Waals surface area contributed by atoms with Gasteiger partial charge in [-0.25, -0.2) is 8.42 Å². The first kappa shape index (κ1) is 23.0. The van der Waals surface area contributed by atoms with E-state index in [2.05, 4.69) is 0 Å². The topological polar surface area (TPSA) is 92.5 Å². The first-order chi connectivity index (χ1) is 13.6. The molecule has 1 atom stereocenters. The lowest BCUT2D eigenvalue weighted by Gasteiger charge is -2.14. The van der Waals surface area contributed by atoms with E-state index in [-0.39, 0.29) is 16.0 Å². The Hall–Kier alpha value is -2.32. The molecule has 1 unspecified atom stereocenters. The van der Waals surface area contributed by atoms with E-state index in [0.717, 1.165) is 21.1 Å². The zero-order valence-corrected chi connectivity index (χ0v) is 18.5. The zero-order chi connectivity index (χ0) is 21.6. The van der Waals surface area contributed by atoms with Crippen LogP contribution in [0.3, 0.4) is 0 Å². The number of methoxy groups -OCH3 is 1. The van der Waals surface area contributed by atoms with Gasteiger partial charge in [-0.2, -0.15) is 0 Å². The first-order valence-corrected chi connectivity index (χ1v) is 11.5. The number of benzene rings is 3. The SMILES string of the molecule is COc1ccc([S+](N)c2ccccc2)cc1.Cc1cc(C)c(S(=O)(=O)[O-])c(C)c1. The molecule has 2 N–H and O–H groups in total. The Balaban J connectivity index is 0.000000212. The van der Waals surface area contributed by atoms with Crippen molar-refractivity contribution >= 4 is 21.2 Å². The normalized spacial score (nSPS) is 11.9. The molecule has 0 bridgehead atoms. The van der Waals surface area contributed by atoms with E-state index in [4.69, 9.17) is 9.88 Å². The number of rotatable bonds is 4. The van der Waals surface area contributed by atoms with Crippen LogP contribution in [0.2, 0.25) is 0 Å². The van der Waals surface area contributed by atoms with Crippen molar-refractivity contribution in [2.24, 2.45) is 5.14 Å². The fraction of sp³-hybridized carbons (Fsp3) is 0.182. The van der Waals surface area contributed by atoms with Gasteiger partial charge in [-0.1, -0.05) is 35.9 Å². The molecule has 7 heteroatoms. The molecule has 3 rings (SSSR count). The molecule has 3 aromatic carbocycles. The van der Waals surface area contributed by atoms with E-state index in [1.165, 1.54) is 0 Å². The largest absolute Gasteiger partial charge is 0.744 e. The molecule has 0 radical (unpaired) electrons. The molecule has 0 amide bonds. The summed E-state index contributed by atoms with van der Waals surface area (Å²) in [5.41, 5.74) is 2.00. The molecule has 3 aromatic rings. The van der Waals surface area contributed by atoms with E-state index in [1.807, 2.05) is 61.5 Å². The summed E-state index contributed by atoms with van der Waals surface area (Å²) < 4.78 is 37.6. The van der Waals surface area contributed by atoms with Crippen LogP contribution in [0.15, 0.2) is 81.4 Å². The minimum Gasteiger partial charge on any atom is -0.744 e. The van der Waals surface area contributed by atoms with Crippen molar-refractivity contribution in [3.8, 4) is 5.75 Å². The quantitative estimate of drug-likeness (QED) is 0.495. The third-order valence-corrected chi connectivity index (χ3v) is 6.87. The second kappa shape index (κ2) is 9.93. The Kier molecular flexibility index (Phi) is 7.87. The highest BCUT2D eigenvalue weighted by Crippen LogP contribution is 2.21. The van der Waals surface area contributed by atoms with Gasteiger partial charge in [0.05, 0.1) is 12.0 Å². The van der Waals surface area contributed by atoms with Crippen LogP contribution in [0.1, 0.15) is 16.7 Å². The first-order valence-electron chi connectivity index (χ1n) is 8.85. The lowest BCUT2D eigenvalue weighted by Crippen LogP contribution is -2.13. The van der Waals surface area contributed by atoms with Gasteiger partial charge in [0.15, 0.2) is 9.79 Å². The van der Waals surface area contributed by atoms with Gasteiger partial charge in [0, 0.05) is 0 Å². The minimum absolute atomic E-state index is 0.0851. The summed E-state index contributed by atoms with van der Waals surface area (Å²) in [5, 5.41) is 6.19. The highest BCUT2D eigenvalue weighted by molar-refractivity contribution is 7.94. The fourth-order valence-corrected chi connectivity index (χ4v) is 5.04. The molecule has 29 heavy (non-hydrogen) atoms. The monoisotopic (exact) mass is 431 g/mol. The summed E-state index contributed by atoms with van der Waals surface area (Å²) >= 11 is -0.363. The second-order valence-corrected chi connectivity index (χ2v) is 9.44. The third kappa shape index (κ3) is 6.33. The zero-order valence-electron chi connectivity index (χ0n) is 16.9.